The second kappa shape index (κ2) is 28.0. The van der Waals surface area contributed by atoms with Crippen molar-refractivity contribution in [3.63, 3.8) is 0 Å². The first-order valence-corrected chi connectivity index (χ1v) is 24.1. The molecule has 2 aromatic carbocycles. The fourth-order valence-electron chi connectivity index (χ4n) is 6.08. The molecule has 1 unspecified atom stereocenters. The zero-order valence-electron chi connectivity index (χ0n) is 38.2. The van der Waals surface area contributed by atoms with Gasteiger partial charge in [-0.15, -0.1) is 23.1 Å². The van der Waals surface area contributed by atoms with Crippen molar-refractivity contribution in [2.24, 2.45) is 0 Å². The molecule has 6 N–H and O–H groups in total. The Labute approximate surface area is 405 Å². The number of methoxy groups -OCH3 is 1. The van der Waals surface area contributed by atoms with Crippen LogP contribution in [0.5, 0.6) is 5.75 Å². The molecule has 0 fully saturated rings. The van der Waals surface area contributed by atoms with E-state index in [9.17, 15) is 18.9 Å². The van der Waals surface area contributed by atoms with Crippen LogP contribution in [0.4, 0.5) is 17.6 Å². The lowest BCUT2D eigenvalue weighted by atomic mass is 10.0. The van der Waals surface area contributed by atoms with Crippen LogP contribution in [0.3, 0.4) is 0 Å². The number of anilines is 3. The topological polar surface area (TPSA) is 248 Å². The Hall–Kier alpha value is -4.48. The van der Waals surface area contributed by atoms with Gasteiger partial charge >= 0.3 is 19.3 Å². The highest BCUT2D eigenvalue weighted by atomic mass is 35.5. The minimum Gasteiger partial charge on any atom is -0.480 e. The number of aliphatic carboxylic acids is 1. The predicted molar refractivity (Wildman–Crippen MR) is 260 cm³/mol. The van der Waals surface area contributed by atoms with Gasteiger partial charge in [0, 0.05) is 38.2 Å². The lowest BCUT2D eigenvalue weighted by Gasteiger charge is -2.31. The Bertz CT molecular complexity index is 2370. The summed E-state index contributed by atoms with van der Waals surface area (Å²) in [5, 5.41) is 21.4. The number of aromatic nitrogens is 6. The number of carbonyl (C=O) groups is 2. The number of halogens is 4. The van der Waals surface area contributed by atoms with Gasteiger partial charge in [-0.3, -0.25) is 24.0 Å². The highest BCUT2D eigenvalue weighted by Crippen LogP contribution is 2.33. The third kappa shape index (κ3) is 19.4. The summed E-state index contributed by atoms with van der Waals surface area (Å²) in [6.07, 6.45) is 8.25. The Morgan fingerprint density at radius 1 is 1.08 bits per heavy atom. The number of hydrogen-bond acceptors (Lipinski definition) is 13. The van der Waals surface area contributed by atoms with Crippen molar-refractivity contribution in [1.29, 1.82) is 0 Å². The number of rotatable bonds is 16. The summed E-state index contributed by atoms with van der Waals surface area (Å²) in [6.45, 7) is 15.7. The molecule has 3 heterocycles. The summed E-state index contributed by atoms with van der Waals surface area (Å²) in [4.78, 5) is 64.7. The largest absolute Gasteiger partial charge is 0.480 e. The molecule has 1 atom stereocenters. The number of para-hydroxylation sites is 1. The van der Waals surface area contributed by atoms with Gasteiger partial charge in [0.1, 0.15) is 24.1 Å². The maximum Gasteiger partial charge on any atom is 0.350 e. The first-order valence-electron chi connectivity index (χ1n) is 20.6. The summed E-state index contributed by atoms with van der Waals surface area (Å²) < 4.78 is 23.6. The second-order valence-corrected chi connectivity index (χ2v) is 18.4. The molecule has 0 radical (unpaired) electrons. The Balaban J connectivity index is 0.000000314. The van der Waals surface area contributed by atoms with Gasteiger partial charge in [-0.2, -0.15) is 19.6 Å². The molecular weight excluding hydrogens is 961 g/mol. The van der Waals surface area contributed by atoms with Gasteiger partial charge in [0.25, 0.3) is 0 Å². The van der Waals surface area contributed by atoms with E-state index >= 15 is 0 Å². The summed E-state index contributed by atoms with van der Waals surface area (Å²) in [7, 11) is -2.46. The maximum absolute atomic E-state index is 12.5. The lowest BCUT2D eigenvalue weighted by molar-refractivity contribution is -0.135. The number of alkyl halides is 1. The smallest absolute Gasteiger partial charge is 0.350 e. The molecule has 0 bridgehead atoms. The van der Waals surface area contributed by atoms with Gasteiger partial charge < -0.3 is 39.9 Å². The quantitative estimate of drug-likeness (QED) is 0.0383. The summed E-state index contributed by atoms with van der Waals surface area (Å²) in [5.41, 5.74) is 3.34. The van der Waals surface area contributed by atoms with E-state index in [1.54, 1.807) is 22.6 Å². The van der Waals surface area contributed by atoms with E-state index in [4.69, 9.17) is 77.2 Å². The lowest BCUT2D eigenvalue weighted by Crippen LogP contribution is -2.43. The van der Waals surface area contributed by atoms with Crippen molar-refractivity contribution in [2.45, 2.75) is 92.3 Å². The Kier molecular flexibility index (Phi) is 24.4. The number of aryl methyl sites for hydroxylation is 3. The molecule has 364 valence electrons. The summed E-state index contributed by atoms with van der Waals surface area (Å²) in [5.74, 6) is 3.23. The molecule has 66 heavy (non-hydrogen) atoms. The van der Waals surface area contributed by atoms with E-state index in [2.05, 4.69) is 54.9 Å². The average molecular weight is 1020 g/mol. The van der Waals surface area contributed by atoms with Gasteiger partial charge in [0.2, 0.25) is 23.1 Å². The van der Waals surface area contributed by atoms with Crippen LogP contribution in [0.2, 0.25) is 15.3 Å². The van der Waals surface area contributed by atoms with Crippen LogP contribution in [0, 0.1) is 19.3 Å². The van der Waals surface area contributed by atoms with E-state index in [0.717, 1.165) is 54.9 Å². The van der Waals surface area contributed by atoms with Crippen LogP contribution in [0.15, 0.2) is 35.1 Å². The van der Waals surface area contributed by atoms with Crippen LogP contribution in [0.1, 0.15) is 71.3 Å². The third-order valence-electron chi connectivity index (χ3n) is 8.71. The minimum absolute atomic E-state index is 0.0223. The van der Waals surface area contributed by atoms with Crippen molar-refractivity contribution in [3.05, 3.63) is 73.1 Å². The fraction of sp³-hybridized carbons (Fsp3) is 0.500. The number of terminal acetylenes is 1. The molecule has 24 heteroatoms. The third-order valence-corrected chi connectivity index (χ3v) is 10.3. The first-order chi connectivity index (χ1) is 31.0. The van der Waals surface area contributed by atoms with E-state index in [1.165, 1.54) is 10.7 Å². The van der Waals surface area contributed by atoms with E-state index in [0.29, 0.717) is 46.5 Å². The number of carbonyl (C=O) groups excluding carboxylic acids is 1. The molecule has 0 aliphatic carbocycles. The van der Waals surface area contributed by atoms with Crippen LogP contribution >= 0.6 is 54.0 Å². The number of nitrogens with zero attached hydrogens (tertiary/aromatic N) is 7. The molecule has 19 nitrogen and oxygen atoms in total. The van der Waals surface area contributed by atoms with E-state index in [1.807, 2.05) is 53.7 Å². The van der Waals surface area contributed by atoms with Crippen molar-refractivity contribution < 1.29 is 38.5 Å². The van der Waals surface area contributed by atoms with Crippen molar-refractivity contribution in [2.75, 3.05) is 61.1 Å². The maximum atomic E-state index is 12.5. The Morgan fingerprint density at radius 2 is 1.76 bits per heavy atom. The first kappa shape index (κ1) is 57.6. The number of carboxylic acids is 1. The van der Waals surface area contributed by atoms with Crippen LogP contribution < -0.4 is 31.3 Å². The van der Waals surface area contributed by atoms with Crippen LogP contribution in [-0.2, 0) is 38.3 Å². The minimum atomic E-state index is -4.10. The van der Waals surface area contributed by atoms with Crippen molar-refractivity contribution in [3.8, 4) is 23.8 Å². The number of fused-ring (bicyclic) bond motifs is 1. The normalized spacial score (nSPS) is 12.3. The van der Waals surface area contributed by atoms with Crippen molar-refractivity contribution in [1.82, 2.24) is 34.6 Å². The zero-order chi connectivity index (χ0) is 49.8. The van der Waals surface area contributed by atoms with Crippen LogP contribution in [-0.4, -0.2) is 113 Å². The second-order valence-electron chi connectivity index (χ2n) is 15.4. The van der Waals surface area contributed by atoms with Gasteiger partial charge in [-0.05, 0) is 89.6 Å². The molecule has 1 amide bonds. The average Bonchev–Trinajstić information content (AvgIpc) is 3.56. The Morgan fingerprint density at radius 3 is 2.32 bits per heavy atom. The zero-order valence-corrected chi connectivity index (χ0v) is 42.1. The molecule has 0 saturated heterocycles. The molecule has 5 rings (SSSR count). The predicted octanol–water partition coefficient (Wildman–Crippen LogP) is 6.82. The highest BCUT2D eigenvalue weighted by Gasteiger charge is 2.25. The number of ether oxygens (including phenoxy) is 2. The molecule has 1 aliphatic rings. The monoisotopic (exact) mass is 1020 g/mol. The van der Waals surface area contributed by atoms with Crippen molar-refractivity contribution >= 4 is 83.5 Å². The molecular formula is C42H59Cl4N10O9P. The highest BCUT2D eigenvalue weighted by molar-refractivity contribution is 7.51. The van der Waals surface area contributed by atoms with E-state index < -0.39 is 26.4 Å². The molecule has 2 aromatic heterocycles. The summed E-state index contributed by atoms with van der Waals surface area (Å²) in [6, 6.07) is 9.15. The van der Waals surface area contributed by atoms with Gasteiger partial charge in [0.05, 0.1) is 46.9 Å². The van der Waals surface area contributed by atoms with Crippen LogP contribution in [0.25, 0.3) is 5.69 Å². The fourth-order valence-corrected chi connectivity index (χ4v) is 7.28. The molecule has 4 aromatic rings. The molecule has 0 saturated carbocycles. The number of carboxylic acid groups (broad SMARTS) is 1. The number of hydrogen-bond donors (Lipinski definition) is 6. The van der Waals surface area contributed by atoms with Gasteiger partial charge in [-0.1, -0.05) is 54.2 Å². The standard InChI is InChI=1S/C15H13Cl2N3O2.C15H22ClNO2.C9H16ClN5.C3H8NO5P/c1-2-7-22-13-9-12(10(16)8-11(13)17)20-15(21)19-6-4-3-5-14(19)18-20;1-5-13-8-6-7-11(2)15(13)17(14(18)9-16)12(3)10-19-4;1-5-11-7-12-6(10)13-8(14-7)15-9(2,3)4;5-3(6)1-4-2-10(7,8)9/h1,8-9H,3-7H2;6-8,12H,5,9-10H2,1-4H3;5H2,1-4H3,(H2,11,12,13,14,15);4H,1-2H2,(H,5,6)(H2,7,8,9). The molecule has 1 aliphatic heterocycles. The number of nitrogens with one attached hydrogen (secondary N) is 3. The molecule has 0 spiro atoms. The number of benzene rings is 2. The number of amides is 1. The van der Waals surface area contributed by atoms with Gasteiger partial charge in [0.15, 0.2) is 0 Å². The van der Waals surface area contributed by atoms with Gasteiger partial charge in [-0.25, -0.2) is 4.79 Å². The summed E-state index contributed by atoms with van der Waals surface area (Å²) >= 11 is 23.8. The van der Waals surface area contributed by atoms with E-state index in [-0.39, 0.29) is 40.9 Å². The SMILES string of the molecule is C#CCOc1cc(-n2nc3n(c2=O)CCCC3)c(Cl)cc1Cl.CCNc1nc(Cl)nc(NC(C)(C)C)n1.CCc1cccc(C)c1N(C(=O)CCl)C(C)COC.O=C(O)CNCP(=O)(O)O.